The van der Waals surface area contributed by atoms with Gasteiger partial charge in [-0.3, -0.25) is 9.78 Å². The van der Waals surface area contributed by atoms with E-state index in [4.69, 9.17) is 4.74 Å². The van der Waals surface area contributed by atoms with E-state index in [-0.39, 0.29) is 57.8 Å². The van der Waals surface area contributed by atoms with Crippen LogP contribution in [0, 0.1) is 11.6 Å². The Morgan fingerprint density at radius 3 is 2.58 bits per heavy atom. The molecule has 0 saturated carbocycles. The Morgan fingerprint density at radius 1 is 1.09 bits per heavy atom. The molecule has 0 radical (unpaired) electrons. The SMILES string of the molecule is C=CC(=O)N1C[C@H](C)N(c2nc(=O)n3c4nc(c(F)cc24)-c2c(F)cccc2OC(C)c2cncc(C(C)C)c2-3)C[C@H]1C. The summed E-state index contributed by atoms with van der Waals surface area (Å²) < 4.78 is 39.1. The Balaban J connectivity index is 1.71. The molecule has 9 nitrogen and oxygen atoms in total. The number of piperazine rings is 1. The van der Waals surface area contributed by atoms with E-state index in [0.717, 1.165) is 5.56 Å². The molecule has 1 saturated heterocycles. The average Bonchev–Trinajstić information content (AvgIpc) is 2.97. The highest BCUT2D eigenvalue weighted by Gasteiger charge is 2.35. The number of aromatic nitrogens is 4. The summed E-state index contributed by atoms with van der Waals surface area (Å²) in [7, 11) is 0. The molecule has 2 aliphatic heterocycles. The van der Waals surface area contributed by atoms with Crippen molar-refractivity contribution in [2.24, 2.45) is 0 Å². The molecule has 1 amide bonds. The molecule has 1 fully saturated rings. The largest absolute Gasteiger partial charge is 0.485 e. The Morgan fingerprint density at radius 2 is 1.86 bits per heavy atom. The lowest BCUT2D eigenvalue weighted by atomic mass is 9.97. The monoisotopic (exact) mass is 586 g/mol. The second kappa shape index (κ2) is 10.6. The molecule has 3 atom stereocenters. The van der Waals surface area contributed by atoms with Gasteiger partial charge in [0.1, 0.15) is 29.2 Å². The number of ether oxygens (including phenoxy) is 1. The Kier molecular flexibility index (Phi) is 6.98. The number of hydrogen-bond acceptors (Lipinski definition) is 7. The summed E-state index contributed by atoms with van der Waals surface area (Å²) in [6.45, 7) is 13.8. The van der Waals surface area contributed by atoms with Crippen molar-refractivity contribution in [2.75, 3.05) is 18.0 Å². The summed E-state index contributed by atoms with van der Waals surface area (Å²) in [6.07, 6.45) is 3.89. The Labute approximate surface area is 247 Å². The normalized spacial score (nSPS) is 19.7. The van der Waals surface area contributed by atoms with Gasteiger partial charge in [-0.2, -0.15) is 4.98 Å². The highest BCUT2D eigenvalue weighted by Crippen LogP contribution is 2.41. The first-order valence-corrected chi connectivity index (χ1v) is 14.3. The number of benzene rings is 1. The molecule has 1 unspecified atom stereocenters. The maximum atomic E-state index is 16.1. The van der Waals surface area contributed by atoms with Crippen LogP contribution >= 0.6 is 0 Å². The molecule has 0 spiro atoms. The van der Waals surface area contributed by atoms with E-state index in [0.29, 0.717) is 24.3 Å². The topological polar surface area (TPSA) is 93.5 Å². The number of rotatable bonds is 3. The molecule has 222 valence electrons. The van der Waals surface area contributed by atoms with Crippen molar-refractivity contribution in [2.45, 2.75) is 58.7 Å². The van der Waals surface area contributed by atoms with E-state index in [9.17, 15) is 9.59 Å². The third-order valence-electron chi connectivity index (χ3n) is 8.29. The molecule has 1 aromatic carbocycles. The van der Waals surface area contributed by atoms with Crippen LogP contribution in [-0.4, -0.2) is 55.5 Å². The fourth-order valence-electron chi connectivity index (χ4n) is 6.10. The van der Waals surface area contributed by atoms with Crippen LogP contribution in [0.2, 0.25) is 0 Å². The number of pyridine rings is 2. The summed E-state index contributed by atoms with van der Waals surface area (Å²) in [6, 6.07) is 5.04. The van der Waals surface area contributed by atoms with E-state index in [2.05, 4.69) is 21.5 Å². The van der Waals surface area contributed by atoms with Crippen LogP contribution in [-0.2, 0) is 4.79 Å². The molecular weight excluding hydrogens is 554 g/mol. The van der Waals surface area contributed by atoms with Crippen molar-refractivity contribution >= 4 is 22.8 Å². The first-order valence-electron chi connectivity index (χ1n) is 14.3. The number of amides is 1. The number of nitrogens with zero attached hydrogens (tertiary/aromatic N) is 6. The van der Waals surface area contributed by atoms with Crippen molar-refractivity contribution in [1.29, 1.82) is 0 Å². The van der Waals surface area contributed by atoms with Crippen LogP contribution in [0.3, 0.4) is 0 Å². The standard InChI is InChI=1S/C32H32F2N6O3/c1-7-26(41)38-14-18(5)39(15-17(38)4)30-20-11-24(34)28-27-23(33)9-8-10-25(27)43-19(6)22-13-35-12-21(16(2)3)29(22)40(31(20)36-28)32(42)37-30/h7-13,16-19H,1,14-15H2,2-6H3/t17-,18+,19?/m1/s1. The molecule has 3 aromatic heterocycles. The van der Waals surface area contributed by atoms with Crippen molar-refractivity contribution in [3.8, 4) is 22.7 Å². The van der Waals surface area contributed by atoms with Crippen LogP contribution < -0.4 is 15.3 Å². The lowest BCUT2D eigenvalue weighted by Crippen LogP contribution is -2.58. The van der Waals surface area contributed by atoms with Gasteiger partial charge in [-0.15, -0.1) is 0 Å². The quantitative estimate of drug-likeness (QED) is 0.301. The maximum Gasteiger partial charge on any atom is 0.355 e. The predicted octanol–water partition coefficient (Wildman–Crippen LogP) is 5.31. The molecule has 2 aliphatic rings. The minimum Gasteiger partial charge on any atom is -0.485 e. The smallest absolute Gasteiger partial charge is 0.355 e. The van der Waals surface area contributed by atoms with Gasteiger partial charge in [-0.1, -0.05) is 26.5 Å². The molecule has 6 rings (SSSR count). The Hall–Kier alpha value is -4.67. The second-order valence-electron chi connectivity index (χ2n) is 11.5. The molecule has 0 N–H and O–H groups in total. The van der Waals surface area contributed by atoms with E-state index < -0.39 is 23.4 Å². The lowest BCUT2D eigenvalue weighted by Gasteiger charge is -2.44. The summed E-state index contributed by atoms with van der Waals surface area (Å²) in [5.74, 6) is -1.38. The molecule has 2 bridgehead atoms. The number of hydrogen-bond donors (Lipinski definition) is 0. The summed E-state index contributed by atoms with van der Waals surface area (Å²) >= 11 is 0. The number of carbonyl (C=O) groups excluding carboxylic acids is 1. The zero-order valence-corrected chi connectivity index (χ0v) is 24.6. The molecule has 4 aromatic rings. The summed E-state index contributed by atoms with van der Waals surface area (Å²) in [5.41, 5.74) is 0.913. The van der Waals surface area contributed by atoms with Gasteiger partial charge in [0.2, 0.25) is 5.91 Å². The first-order chi connectivity index (χ1) is 20.5. The molecule has 43 heavy (non-hydrogen) atoms. The summed E-state index contributed by atoms with van der Waals surface area (Å²) in [5, 5.41) is 0.285. The van der Waals surface area contributed by atoms with Gasteiger partial charge in [0, 0.05) is 43.1 Å². The van der Waals surface area contributed by atoms with Gasteiger partial charge in [-0.25, -0.2) is 23.1 Å². The van der Waals surface area contributed by atoms with E-state index in [1.165, 1.54) is 28.8 Å². The van der Waals surface area contributed by atoms with Gasteiger partial charge >= 0.3 is 5.69 Å². The van der Waals surface area contributed by atoms with Crippen molar-refractivity contribution in [1.82, 2.24) is 24.4 Å². The fraction of sp³-hybridized carbons (Fsp3) is 0.344. The minimum atomic E-state index is -0.788. The highest BCUT2D eigenvalue weighted by atomic mass is 19.1. The van der Waals surface area contributed by atoms with Gasteiger partial charge in [0.15, 0.2) is 11.5 Å². The zero-order valence-electron chi connectivity index (χ0n) is 24.6. The van der Waals surface area contributed by atoms with E-state index >= 15 is 8.78 Å². The zero-order chi connectivity index (χ0) is 30.7. The predicted molar refractivity (Wildman–Crippen MR) is 160 cm³/mol. The van der Waals surface area contributed by atoms with Crippen molar-refractivity contribution < 1.29 is 18.3 Å². The molecular formula is C32H32F2N6O3. The average molecular weight is 587 g/mol. The van der Waals surface area contributed by atoms with E-state index in [1.54, 1.807) is 30.3 Å². The van der Waals surface area contributed by atoms with Crippen molar-refractivity contribution in [3.63, 3.8) is 0 Å². The number of carbonyl (C=O) groups is 1. The van der Waals surface area contributed by atoms with Crippen LogP contribution in [0.15, 0.2) is 54.1 Å². The number of anilines is 1. The first kappa shape index (κ1) is 28.4. The fourth-order valence-corrected chi connectivity index (χ4v) is 6.10. The van der Waals surface area contributed by atoms with Crippen LogP contribution in [0.25, 0.3) is 28.0 Å². The van der Waals surface area contributed by atoms with Crippen molar-refractivity contribution in [3.05, 3.63) is 82.6 Å². The highest BCUT2D eigenvalue weighted by molar-refractivity contribution is 5.92. The molecule has 0 aliphatic carbocycles. The number of fused-ring (bicyclic) bond motifs is 5. The lowest BCUT2D eigenvalue weighted by molar-refractivity contribution is -0.128. The third-order valence-corrected chi connectivity index (χ3v) is 8.29. The van der Waals surface area contributed by atoms with Crippen LogP contribution in [0.1, 0.15) is 57.8 Å². The third kappa shape index (κ3) is 4.54. The number of halogens is 2. The van der Waals surface area contributed by atoms with Gasteiger partial charge in [0.25, 0.3) is 0 Å². The van der Waals surface area contributed by atoms with E-state index in [1.807, 2.05) is 32.6 Å². The molecule has 11 heteroatoms. The molecule has 5 heterocycles. The minimum absolute atomic E-state index is 0.0554. The van der Waals surface area contributed by atoms with Gasteiger partial charge in [0.05, 0.1) is 16.6 Å². The second-order valence-corrected chi connectivity index (χ2v) is 11.5. The van der Waals surface area contributed by atoms with Crippen LogP contribution in [0.4, 0.5) is 14.6 Å². The van der Waals surface area contributed by atoms with Crippen LogP contribution in [0.5, 0.6) is 5.75 Å². The van der Waals surface area contributed by atoms with Gasteiger partial charge < -0.3 is 14.5 Å². The Bertz CT molecular complexity index is 1860. The maximum absolute atomic E-state index is 16.1. The summed E-state index contributed by atoms with van der Waals surface area (Å²) in [4.78, 5) is 43.8. The van der Waals surface area contributed by atoms with Gasteiger partial charge in [-0.05, 0) is 56.5 Å².